The largest absolute Gasteiger partial charge is 0.310 e. The summed E-state index contributed by atoms with van der Waals surface area (Å²) in [5, 5.41) is 3.51. The van der Waals surface area contributed by atoms with E-state index < -0.39 is 0 Å². The van der Waals surface area contributed by atoms with E-state index in [9.17, 15) is 0 Å². The number of hydrogen-bond donors (Lipinski definition) is 1. The lowest BCUT2D eigenvalue weighted by molar-refractivity contribution is 0.515. The molecule has 3 heteroatoms. The van der Waals surface area contributed by atoms with E-state index in [-0.39, 0.29) is 0 Å². The molecular formula is C17H29N3. The van der Waals surface area contributed by atoms with E-state index in [1.54, 1.807) is 0 Å². The van der Waals surface area contributed by atoms with E-state index in [0.29, 0.717) is 12.0 Å². The molecule has 0 radical (unpaired) electrons. The fourth-order valence-electron chi connectivity index (χ4n) is 3.27. The van der Waals surface area contributed by atoms with Crippen molar-refractivity contribution in [3.8, 4) is 0 Å². The van der Waals surface area contributed by atoms with Crippen LogP contribution in [0.4, 0.5) is 0 Å². The van der Waals surface area contributed by atoms with Crippen molar-refractivity contribution in [2.75, 3.05) is 6.54 Å². The Kier molecular flexibility index (Phi) is 5.53. The molecule has 3 unspecified atom stereocenters. The van der Waals surface area contributed by atoms with E-state index in [4.69, 9.17) is 4.98 Å². The van der Waals surface area contributed by atoms with Gasteiger partial charge in [-0.25, -0.2) is 9.97 Å². The van der Waals surface area contributed by atoms with Crippen molar-refractivity contribution in [2.45, 2.75) is 71.8 Å². The van der Waals surface area contributed by atoms with E-state index in [0.717, 1.165) is 30.4 Å². The van der Waals surface area contributed by atoms with Crippen LogP contribution in [0.3, 0.4) is 0 Å². The number of nitrogens with one attached hydrogen (secondary N) is 1. The van der Waals surface area contributed by atoms with Crippen LogP contribution in [0.5, 0.6) is 0 Å². The lowest BCUT2D eigenvalue weighted by Gasteiger charge is -2.17. The first-order chi connectivity index (χ1) is 9.65. The summed E-state index contributed by atoms with van der Waals surface area (Å²) in [4.78, 5) is 9.47. The zero-order valence-electron chi connectivity index (χ0n) is 13.4. The molecule has 1 aliphatic rings. The molecule has 3 nitrogen and oxygen atoms in total. The lowest BCUT2D eigenvalue weighted by atomic mass is 10.0. The topological polar surface area (TPSA) is 37.8 Å². The number of aromatic nitrogens is 2. The normalized spacial score (nSPS) is 24.0. The smallest absolute Gasteiger partial charge is 0.131 e. The highest BCUT2D eigenvalue weighted by molar-refractivity contribution is 5.21. The molecule has 1 heterocycles. The molecule has 1 N–H and O–H groups in total. The summed E-state index contributed by atoms with van der Waals surface area (Å²) in [5.41, 5.74) is 2.39. The van der Waals surface area contributed by atoms with Crippen LogP contribution >= 0.6 is 0 Å². The molecule has 1 fully saturated rings. The van der Waals surface area contributed by atoms with Crippen molar-refractivity contribution < 1.29 is 0 Å². The summed E-state index contributed by atoms with van der Waals surface area (Å²) in [5.74, 6) is 2.55. The third kappa shape index (κ3) is 3.57. The first-order valence-corrected chi connectivity index (χ1v) is 8.22. The molecule has 0 aromatic carbocycles. The first kappa shape index (κ1) is 15.4. The van der Waals surface area contributed by atoms with Gasteiger partial charge < -0.3 is 5.32 Å². The summed E-state index contributed by atoms with van der Waals surface area (Å²) >= 11 is 0. The quantitative estimate of drug-likeness (QED) is 0.848. The van der Waals surface area contributed by atoms with Crippen molar-refractivity contribution in [1.82, 2.24) is 15.3 Å². The van der Waals surface area contributed by atoms with Crippen molar-refractivity contribution in [3.63, 3.8) is 0 Å². The third-order valence-electron chi connectivity index (χ3n) is 4.69. The molecule has 0 aliphatic heterocycles. The molecule has 112 valence electrons. The second kappa shape index (κ2) is 7.16. The van der Waals surface area contributed by atoms with Gasteiger partial charge in [0.15, 0.2) is 0 Å². The average molecular weight is 275 g/mol. The van der Waals surface area contributed by atoms with Crippen LogP contribution < -0.4 is 5.32 Å². The molecule has 1 aromatic rings. The average Bonchev–Trinajstić information content (AvgIpc) is 2.93. The van der Waals surface area contributed by atoms with Gasteiger partial charge in [-0.2, -0.15) is 0 Å². The molecule has 1 aliphatic carbocycles. The highest BCUT2D eigenvalue weighted by Crippen LogP contribution is 2.38. The second-order valence-electron chi connectivity index (χ2n) is 6.23. The van der Waals surface area contributed by atoms with Gasteiger partial charge in [-0.15, -0.1) is 0 Å². The number of nitrogens with zero attached hydrogens (tertiary/aromatic N) is 2. The van der Waals surface area contributed by atoms with E-state index in [1.807, 2.05) is 6.20 Å². The maximum atomic E-state index is 4.80. The zero-order valence-corrected chi connectivity index (χ0v) is 13.4. The first-order valence-electron chi connectivity index (χ1n) is 8.22. The van der Waals surface area contributed by atoms with Crippen molar-refractivity contribution in [3.05, 3.63) is 23.3 Å². The van der Waals surface area contributed by atoms with Gasteiger partial charge in [0.05, 0.1) is 0 Å². The minimum absolute atomic E-state index is 0.343. The summed E-state index contributed by atoms with van der Waals surface area (Å²) in [7, 11) is 0. The third-order valence-corrected chi connectivity index (χ3v) is 4.69. The van der Waals surface area contributed by atoms with Crippen LogP contribution in [0, 0.1) is 12.8 Å². The van der Waals surface area contributed by atoms with Crippen LogP contribution in [0.1, 0.15) is 81.9 Å². The molecule has 0 amide bonds. The van der Waals surface area contributed by atoms with Gasteiger partial charge in [0.2, 0.25) is 0 Å². The van der Waals surface area contributed by atoms with Crippen molar-refractivity contribution in [1.29, 1.82) is 0 Å². The minimum atomic E-state index is 0.343. The van der Waals surface area contributed by atoms with Crippen LogP contribution in [0.15, 0.2) is 6.20 Å². The molecule has 1 aromatic heterocycles. The van der Waals surface area contributed by atoms with Crippen LogP contribution in [-0.4, -0.2) is 16.5 Å². The Morgan fingerprint density at radius 1 is 1.35 bits per heavy atom. The molecule has 3 atom stereocenters. The monoisotopic (exact) mass is 275 g/mol. The Morgan fingerprint density at radius 3 is 2.75 bits per heavy atom. The minimum Gasteiger partial charge on any atom is -0.310 e. The molecule has 20 heavy (non-hydrogen) atoms. The predicted molar refractivity (Wildman–Crippen MR) is 83.9 cm³/mol. The van der Waals surface area contributed by atoms with Crippen LogP contribution in [0.25, 0.3) is 0 Å². The van der Waals surface area contributed by atoms with Crippen molar-refractivity contribution >= 4 is 0 Å². The van der Waals surface area contributed by atoms with E-state index in [2.05, 4.69) is 38.0 Å². The summed E-state index contributed by atoms with van der Waals surface area (Å²) in [6, 6.07) is 0.343. The Balaban J connectivity index is 2.06. The molecular weight excluding hydrogens is 246 g/mol. The fraction of sp³-hybridized carbons (Fsp3) is 0.765. The fourth-order valence-corrected chi connectivity index (χ4v) is 3.27. The summed E-state index contributed by atoms with van der Waals surface area (Å²) in [6.45, 7) is 9.85. The number of aryl methyl sites for hydroxylation is 1. The highest BCUT2D eigenvalue weighted by atomic mass is 14.9. The van der Waals surface area contributed by atoms with Gasteiger partial charge in [0.25, 0.3) is 0 Å². The Bertz CT molecular complexity index is 430. The maximum absolute atomic E-state index is 4.80. The highest BCUT2D eigenvalue weighted by Gasteiger charge is 2.27. The predicted octanol–water partition coefficient (Wildman–Crippen LogP) is 4.14. The summed E-state index contributed by atoms with van der Waals surface area (Å²) in [6.07, 6.45) is 8.39. The van der Waals surface area contributed by atoms with E-state index >= 15 is 0 Å². The molecule has 1 saturated carbocycles. The van der Waals surface area contributed by atoms with Crippen LogP contribution in [0.2, 0.25) is 0 Å². The van der Waals surface area contributed by atoms with Gasteiger partial charge >= 0.3 is 0 Å². The van der Waals surface area contributed by atoms with Gasteiger partial charge in [-0.1, -0.05) is 20.3 Å². The van der Waals surface area contributed by atoms with Gasteiger partial charge in [0.1, 0.15) is 5.82 Å². The second-order valence-corrected chi connectivity index (χ2v) is 6.23. The van der Waals surface area contributed by atoms with E-state index in [1.165, 1.54) is 31.2 Å². The molecule has 2 rings (SSSR count). The Labute approximate surface area is 123 Å². The Hall–Kier alpha value is -0.960. The van der Waals surface area contributed by atoms with Crippen LogP contribution in [-0.2, 0) is 0 Å². The molecule has 0 saturated heterocycles. The number of hydrogen-bond acceptors (Lipinski definition) is 3. The SMILES string of the molecule is CCCNC(C)c1cnc(C2CCC(CC)C2)nc1C. The lowest BCUT2D eigenvalue weighted by Crippen LogP contribution is -2.21. The standard InChI is InChI=1S/C17H29N3/c1-5-9-18-12(3)16-11-19-17(20-13(16)4)15-8-7-14(6-2)10-15/h11-12,14-15,18H,5-10H2,1-4H3. The van der Waals surface area contributed by atoms with Gasteiger partial charge in [-0.05, 0) is 52.0 Å². The van der Waals surface area contributed by atoms with Gasteiger partial charge in [-0.3, -0.25) is 0 Å². The molecule has 0 spiro atoms. The maximum Gasteiger partial charge on any atom is 0.131 e. The van der Waals surface area contributed by atoms with Gasteiger partial charge in [0, 0.05) is 29.4 Å². The number of rotatable bonds is 6. The molecule has 0 bridgehead atoms. The van der Waals surface area contributed by atoms with Crippen molar-refractivity contribution in [2.24, 2.45) is 5.92 Å². The Morgan fingerprint density at radius 2 is 2.15 bits per heavy atom. The summed E-state index contributed by atoms with van der Waals surface area (Å²) < 4.78 is 0. The zero-order chi connectivity index (χ0) is 14.5.